The fourth-order valence-corrected chi connectivity index (χ4v) is 6.93. The van der Waals surface area contributed by atoms with E-state index in [1.165, 1.54) is 33.4 Å². The molecule has 2 aliphatic rings. The highest BCUT2D eigenvalue weighted by Gasteiger charge is 2.18. The maximum atomic E-state index is 4.89. The SMILES string of the molecule is Cc1c2c(C)c3c(C)c1CN=Cc1ccc([nH]1)C=NCc1c(C)c(c(C)c(c1C)CN=Cc1ccc([nH]1)C=NC3)/C=N\c1ccc([nH]1)N=C2. The highest BCUT2D eigenvalue weighted by molar-refractivity contribution is 5.89. The smallest absolute Gasteiger partial charge is 0.131 e. The summed E-state index contributed by atoms with van der Waals surface area (Å²) in [4.78, 5) is 39.6. The van der Waals surface area contributed by atoms with Crippen LogP contribution in [0.1, 0.15) is 89.5 Å². The Kier molecular flexibility index (Phi) is 8.74. The van der Waals surface area contributed by atoms with Gasteiger partial charge in [-0.25, -0.2) is 9.98 Å². The van der Waals surface area contributed by atoms with Crippen molar-refractivity contribution >= 4 is 48.9 Å². The molecule has 0 fully saturated rings. The van der Waals surface area contributed by atoms with Crippen molar-refractivity contribution in [2.75, 3.05) is 0 Å². The zero-order chi connectivity index (χ0) is 34.1. The van der Waals surface area contributed by atoms with E-state index < -0.39 is 0 Å². The van der Waals surface area contributed by atoms with Crippen LogP contribution in [-0.4, -0.2) is 52.2 Å². The van der Waals surface area contributed by atoms with Crippen LogP contribution in [0.15, 0.2) is 66.4 Å². The van der Waals surface area contributed by atoms with Gasteiger partial charge in [0.15, 0.2) is 0 Å². The monoisotopic (exact) mass is 647 g/mol. The van der Waals surface area contributed by atoms with Gasteiger partial charge in [0, 0.05) is 37.3 Å². The van der Waals surface area contributed by atoms with E-state index >= 15 is 0 Å². The first-order valence-corrected chi connectivity index (χ1v) is 16.6. The Hall–Kier alpha value is -5.70. The third-order valence-electron chi connectivity index (χ3n) is 9.94. The van der Waals surface area contributed by atoms with Crippen LogP contribution in [0.2, 0.25) is 0 Å². The molecular formula is C40H41N9. The fourth-order valence-electron chi connectivity index (χ4n) is 6.93. The van der Waals surface area contributed by atoms with Gasteiger partial charge in [-0.15, -0.1) is 0 Å². The molecule has 0 spiro atoms. The number of benzene rings is 2. The zero-order valence-electron chi connectivity index (χ0n) is 28.9. The molecule has 0 unspecified atom stereocenters. The number of H-pyrrole nitrogens is 3. The summed E-state index contributed by atoms with van der Waals surface area (Å²) in [5.41, 5.74) is 17.6. The molecule has 0 atom stereocenters. The molecule has 9 heteroatoms. The van der Waals surface area contributed by atoms with Crippen molar-refractivity contribution in [1.82, 2.24) is 15.0 Å². The first-order valence-electron chi connectivity index (χ1n) is 16.6. The molecule has 3 N–H and O–H groups in total. The molecule has 0 saturated carbocycles. The Labute approximate surface area is 286 Å². The molecule has 49 heavy (non-hydrogen) atoms. The molecule has 3 aromatic heterocycles. The molecule has 2 aliphatic heterocycles. The number of hydrogen-bond acceptors (Lipinski definition) is 6. The minimum atomic E-state index is 0.537. The Morgan fingerprint density at radius 2 is 0.673 bits per heavy atom. The van der Waals surface area contributed by atoms with Gasteiger partial charge in [-0.2, -0.15) is 0 Å². The van der Waals surface area contributed by atoms with Crippen LogP contribution in [0.4, 0.5) is 11.6 Å². The number of rotatable bonds is 0. The second-order valence-electron chi connectivity index (χ2n) is 12.9. The van der Waals surface area contributed by atoms with Crippen LogP contribution in [0, 0.1) is 41.5 Å². The number of nitrogens with zero attached hydrogens (tertiary/aromatic N) is 6. The predicted molar refractivity (Wildman–Crippen MR) is 203 cm³/mol. The minimum absolute atomic E-state index is 0.537. The van der Waals surface area contributed by atoms with Gasteiger partial charge in [-0.3, -0.25) is 20.0 Å². The number of nitrogens with one attached hydrogen (secondary N) is 3. The lowest BCUT2D eigenvalue weighted by Gasteiger charge is -2.19. The molecule has 0 radical (unpaired) electrons. The van der Waals surface area contributed by atoms with Crippen LogP contribution in [-0.2, 0) is 26.2 Å². The maximum absolute atomic E-state index is 4.89. The van der Waals surface area contributed by atoms with Crippen molar-refractivity contribution < 1.29 is 0 Å². The van der Waals surface area contributed by atoms with Crippen molar-refractivity contribution in [3.63, 3.8) is 0 Å². The lowest BCUT2D eigenvalue weighted by Crippen LogP contribution is -2.07. The molecule has 0 aliphatic carbocycles. The van der Waals surface area contributed by atoms with Gasteiger partial charge < -0.3 is 15.0 Å². The lowest BCUT2D eigenvalue weighted by atomic mass is 9.88. The van der Waals surface area contributed by atoms with Gasteiger partial charge in [0.25, 0.3) is 0 Å². The second-order valence-corrected chi connectivity index (χ2v) is 12.9. The van der Waals surface area contributed by atoms with E-state index in [4.69, 9.17) is 30.0 Å². The number of aromatic nitrogens is 3. The average Bonchev–Trinajstić information content (AvgIpc) is 3.85. The van der Waals surface area contributed by atoms with E-state index in [1.54, 1.807) is 0 Å². The largest absolute Gasteiger partial charge is 0.353 e. The van der Waals surface area contributed by atoms with Crippen molar-refractivity contribution in [1.29, 1.82) is 0 Å². The summed E-state index contributed by atoms with van der Waals surface area (Å²) < 4.78 is 0. The van der Waals surface area contributed by atoms with Gasteiger partial charge >= 0.3 is 0 Å². The third-order valence-corrected chi connectivity index (χ3v) is 9.94. The third kappa shape index (κ3) is 6.44. The Morgan fingerprint density at radius 3 is 0.980 bits per heavy atom. The van der Waals surface area contributed by atoms with Crippen LogP contribution in [0.25, 0.3) is 0 Å². The standard InChI is InChI=1S/C40H41N9/c1-23-33-17-41-13-29-7-9-31(47-29)15-43-19-35-24(2)36-20-44-16-32-10-8-30(48-32)14-42-18-34(23)26(4)37(25(33)3)21-45-39-11-12-40(49-39)46-22-38(27(35)5)28(36)6/h7-16,21-22,47-49H,17-20H2,1-6H3/b41-13?,42-14?,43-15?,44-16?,45-21-,46-22?. The first kappa shape index (κ1) is 31.9. The summed E-state index contributed by atoms with van der Waals surface area (Å²) >= 11 is 0. The van der Waals surface area contributed by atoms with E-state index in [0.29, 0.717) is 26.2 Å². The molecule has 12 bridgehead atoms. The summed E-state index contributed by atoms with van der Waals surface area (Å²) in [7, 11) is 0. The molecule has 9 nitrogen and oxygen atoms in total. The minimum Gasteiger partial charge on any atom is -0.353 e. The highest BCUT2D eigenvalue weighted by atomic mass is 15.0. The van der Waals surface area contributed by atoms with E-state index in [-0.39, 0.29) is 0 Å². The quantitative estimate of drug-likeness (QED) is 0.150. The van der Waals surface area contributed by atoms with Crippen molar-refractivity contribution in [3.05, 3.63) is 126 Å². The normalized spacial score (nSPS) is 15.0. The van der Waals surface area contributed by atoms with Gasteiger partial charge in [0.2, 0.25) is 0 Å². The summed E-state index contributed by atoms with van der Waals surface area (Å²) in [5.74, 6) is 1.48. The molecule has 246 valence electrons. The zero-order valence-corrected chi connectivity index (χ0v) is 28.9. The molecule has 5 heterocycles. The maximum Gasteiger partial charge on any atom is 0.131 e. The fraction of sp³-hybridized carbons (Fsp3) is 0.250. The topological polar surface area (TPSA) is 122 Å². The number of fused-ring (bicyclic) bond motifs is 8. The van der Waals surface area contributed by atoms with E-state index in [0.717, 1.165) is 67.8 Å². The summed E-state index contributed by atoms with van der Waals surface area (Å²) in [5, 5.41) is 0. The van der Waals surface area contributed by atoms with Crippen LogP contribution in [0.5, 0.6) is 0 Å². The second kappa shape index (κ2) is 13.4. The molecular weight excluding hydrogens is 607 g/mol. The summed E-state index contributed by atoms with van der Waals surface area (Å²) in [6.45, 7) is 15.1. The number of hydrogen-bond donors (Lipinski definition) is 3. The predicted octanol–water partition coefficient (Wildman–Crippen LogP) is 8.13. The Bertz CT molecular complexity index is 1970. The van der Waals surface area contributed by atoms with Gasteiger partial charge in [-0.1, -0.05) is 0 Å². The molecule has 2 aromatic carbocycles. The first-order chi connectivity index (χ1) is 23.8. The highest BCUT2D eigenvalue weighted by Crippen LogP contribution is 2.30. The molecule has 7 rings (SSSR count). The van der Waals surface area contributed by atoms with Gasteiger partial charge in [0.05, 0.1) is 49.0 Å². The van der Waals surface area contributed by atoms with Gasteiger partial charge in [-0.05, 0) is 145 Å². The lowest BCUT2D eigenvalue weighted by molar-refractivity contribution is 0.966. The van der Waals surface area contributed by atoms with E-state index in [2.05, 4.69) is 56.5 Å². The van der Waals surface area contributed by atoms with Gasteiger partial charge in [0.1, 0.15) is 11.6 Å². The Balaban J connectivity index is 1.46. The molecule has 0 amide bonds. The van der Waals surface area contributed by atoms with Crippen LogP contribution in [0.3, 0.4) is 0 Å². The summed E-state index contributed by atoms with van der Waals surface area (Å²) in [6, 6.07) is 12.1. The van der Waals surface area contributed by atoms with Crippen molar-refractivity contribution in [2.24, 2.45) is 30.0 Å². The van der Waals surface area contributed by atoms with E-state index in [1.807, 2.05) is 73.7 Å². The molecule has 0 saturated heterocycles. The number of aliphatic imine (C=N–C) groups is 6. The van der Waals surface area contributed by atoms with Crippen LogP contribution < -0.4 is 0 Å². The van der Waals surface area contributed by atoms with Crippen molar-refractivity contribution in [2.45, 2.75) is 67.7 Å². The van der Waals surface area contributed by atoms with Crippen molar-refractivity contribution in [3.8, 4) is 0 Å². The average molecular weight is 648 g/mol. The number of aromatic amines is 3. The summed E-state index contributed by atoms with van der Waals surface area (Å²) in [6.07, 6.45) is 11.5. The molecule has 5 aromatic rings. The van der Waals surface area contributed by atoms with Crippen LogP contribution >= 0.6 is 0 Å². The van der Waals surface area contributed by atoms with E-state index in [9.17, 15) is 0 Å². The Morgan fingerprint density at radius 1 is 0.367 bits per heavy atom.